The molecule has 0 saturated carbocycles. The molecule has 0 N–H and O–H groups in total. The topological polar surface area (TPSA) is 25.8 Å². The first-order valence-electron chi connectivity index (χ1n) is 21.9. The first-order chi connectivity index (χ1) is 29.1. The van der Waals surface area contributed by atoms with E-state index in [2.05, 4.69) is 178 Å². The third-order valence-corrected chi connectivity index (χ3v) is 14.9. The summed E-state index contributed by atoms with van der Waals surface area (Å²) in [5, 5.41) is 0. The number of rotatable bonds is 4. The number of benzene rings is 6. The Morgan fingerprint density at radius 2 is 0.607 bits per heavy atom. The van der Waals surface area contributed by atoms with Gasteiger partial charge in [-0.05, 0) is 200 Å². The maximum Gasteiger partial charge on any atom is 0.0704 e. The third kappa shape index (κ3) is 5.34. The van der Waals surface area contributed by atoms with Crippen molar-refractivity contribution in [1.82, 2.24) is 9.97 Å². The Hall–Kier alpha value is -6.38. The van der Waals surface area contributed by atoms with Crippen LogP contribution in [0.4, 0.5) is 0 Å². The molecule has 3 aliphatic rings. The van der Waals surface area contributed by atoms with Crippen LogP contribution in [-0.4, -0.2) is 9.97 Å². The summed E-state index contributed by atoms with van der Waals surface area (Å²) in [6.07, 6.45) is 3.78. The fraction of sp³-hybridized carbons (Fsp3) is 0.220. The van der Waals surface area contributed by atoms with Gasteiger partial charge in [-0.2, -0.15) is 0 Å². The summed E-state index contributed by atoms with van der Waals surface area (Å²) in [5.74, 6) is 0. The van der Waals surface area contributed by atoms with Crippen LogP contribution < -0.4 is 0 Å². The first kappa shape index (κ1) is 37.6. The average Bonchev–Trinajstić information content (AvgIpc) is 3.70. The highest BCUT2D eigenvalue weighted by atomic mass is 14.7. The Balaban J connectivity index is 0.948. The lowest BCUT2D eigenvalue weighted by Crippen LogP contribution is -2.16. The molecule has 298 valence electrons. The van der Waals surface area contributed by atoms with E-state index < -0.39 is 0 Å². The number of pyridine rings is 2. The maximum absolute atomic E-state index is 4.72. The van der Waals surface area contributed by atoms with Crippen LogP contribution in [0.3, 0.4) is 0 Å². The lowest BCUT2D eigenvalue weighted by Gasteiger charge is -2.25. The highest BCUT2D eigenvalue weighted by molar-refractivity contribution is 5.92. The molecule has 2 heterocycles. The monoisotopic (exact) mass is 788 g/mol. The molecular weight excluding hydrogens is 737 g/mol. The van der Waals surface area contributed by atoms with Gasteiger partial charge in [0.15, 0.2) is 0 Å². The molecule has 61 heavy (non-hydrogen) atoms. The van der Waals surface area contributed by atoms with Gasteiger partial charge in [0.1, 0.15) is 0 Å². The summed E-state index contributed by atoms with van der Waals surface area (Å²) in [6, 6.07) is 46.3. The minimum Gasteiger partial charge on any atom is -0.256 e. The highest BCUT2D eigenvalue weighted by Crippen LogP contribution is 2.56. The van der Waals surface area contributed by atoms with Crippen LogP contribution in [0.2, 0.25) is 0 Å². The summed E-state index contributed by atoms with van der Waals surface area (Å²) >= 11 is 0. The second-order valence-electron chi connectivity index (χ2n) is 19.7. The van der Waals surface area contributed by atoms with Gasteiger partial charge in [-0.15, -0.1) is 0 Å². The molecule has 0 radical (unpaired) electrons. The predicted molar refractivity (Wildman–Crippen MR) is 255 cm³/mol. The van der Waals surface area contributed by atoms with Crippen LogP contribution in [0.25, 0.3) is 78.1 Å². The summed E-state index contributed by atoms with van der Waals surface area (Å²) in [7, 11) is 0. The molecule has 0 saturated heterocycles. The van der Waals surface area contributed by atoms with E-state index in [0.29, 0.717) is 0 Å². The molecule has 0 bridgehead atoms. The van der Waals surface area contributed by atoms with E-state index in [9.17, 15) is 0 Å². The molecule has 0 unspecified atom stereocenters. The second-order valence-corrected chi connectivity index (χ2v) is 19.7. The number of nitrogens with zero attached hydrogens (tertiary/aromatic N) is 2. The van der Waals surface area contributed by atoms with E-state index in [1.54, 1.807) is 0 Å². The quantitative estimate of drug-likeness (QED) is 0.177. The van der Waals surface area contributed by atoms with Gasteiger partial charge in [0.2, 0.25) is 0 Å². The maximum atomic E-state index is 4.72. The fourth-order valence-electron chi connectivity index (χ4n) is 11.4. The van der Waals surface area contributed by atoms with Crippen molar-refractivity contribution in [2.75, 3.05) is 0 Å². The van der Waals surface area contributed by atoms with Crippen molar-refractivity contribution in [3.8, 4) is 78.1 Å². The van der Waals surface area contributed by atoms with Gasteiger partial charge in [0, 0.05) is 39.8 Å². The SMILES string of the molecule is Cc1cc2c(cc1-c1ccc3c(c1)C(C)(C)c1cc(-c4cc5c(cc4C)-c4cc(C)c(-c6ccccn6)cc4C5(C)C)ccc1-3)C(C)(C)c1cc(-c3ccccn3)c(C)cc1-2. The fourth-order valence-corrected chi connectivity index (χ4v) is 11.4. The van der Waals surface area contributed by atoms with Gasteiger partial charge in [-0.1, -0.05) is 102 Å². The number of hydrogen-bond acceptors (Lipinski definition) is 2. The van der Waals surface area contributed by atoms with Crippen molar-refractivity contribution in [3.05, 3.63) is 189 Å². The molecule has 0 amide bonds. The minimum absolute atomic E-state index is 0.137. The average molecular weight is 789 g/mol. The van der Waals surface area contributed by atoms with Gasteiger partial charge >= 0.3 is 0 Å². The van der Waals surface area contributed by atoms with Gasteiger partial charge in [0.05, 0.1) is 11.4 Å². The van der Waals surface area contributed by atoms with Gasteiger partial charge in [-0.3, -0.25) is 9.97 Å². The molecule has 0 atom stereocenters. The lowest BCUT2D eigenvalue weighted by molar-refractivity contribution is 0.659. The predicted octanol–water partition coefficient (Wildman–Crippen LogP) is 15.3. The molecular formula is C59H52N2. The van der Waals surface area contributed by atoms with Crippen molar-refractivity contribution in [2.45, 2.75) is 85.5 Å². The zero-order valence-electron chi connectivity index (χ0n) is 37.1. The third-order valence-electron chi connectivity index (χ3n) is 14.9. The number of aromatic nitrogens is 2. The van der Waals surface area contributed by atoms with Crippen molar-refractivity contribution < 1.29 is 0 Å². The standard InChI is InChI=1S/C59H52N2/c1-33-23-45-47-25-35(3)43(55-15-11-13-21-60-55)31-53(47)58(7,8)51(45)29-41(33)37-17-19-39-40-20-18-38(28-50(40)57(5,6)49(39)27-37)42-30-52-46(24-34(42)2)48-26-36(4)44(32-54(48)59(52,9)10)56-16-12-14-22-61-56/h11-32H,1-10H3. The molecule has 2 aromatic heterocycles. The van der Waals surface area contributed by atoms with E-state index in [0.717, 1.165) is 11.4 Å². The van der Waals surface area contributed by atoms with E-state index in [1.807, 2.05) is 24.5 Å². The lowest BCUT2D eigenvalue weighted by atomic mass is 9.78. The normalized spacial score (nSPS) is 15.4. The largest absolute Gasteiger partial charge is 0.256 e. The smallest absolute Gasteiger partial charge is 0.0704 e. The second kappa shape index (κ2) is 12.8. The van der Waals surface area contributed by atoms with Crippen LogP contribution in [0.5, 0.6) is 0 Å². The molecule has 0 fully saturated rings. The molecule has 0 spiro atoms. The van der Waals surface area contributed by atoms with Gasteiger partial charge in [-0.25, -0.2) is 0 Å². The van der Waals surface area contributed by atoms with Crippen molar-refractivity contribution in [1.29, 1.82) is 0 Å². The minimum atomic E-state index is -0.157. The molecule has 0 aliphatic heterocycles. The number of aryl methyl sites for hydroxylation is 4. The first-order valence-corrected chi connectivity index (χ1v) is 21.9. The van der Waals surface area contributed by atoms with E-state index >= 15 is 0 Å². The molecule has 11 rings (SSSR count). The van der Waals surface area contributed by atoms with Gasteiger partial charge < -0.3 is 0 Å². The Morgan fingerprint density at radius 3 is 0.934 bits per heavy atom. The van der Waals surface area contributed by atoms with Crippen molar-refractivity contribution in [2.24, 2.45) is 0 Å². The molecule has 3 aliphatic carbocycles. The summed E-state index contributed by atoms with van der Waals surface area (Å²) in [5.41, 5.74) is 30.9. The summed E-state index contributed by atoms with van der Waals surface area (Å²) in [6.45, 7) is 23.4. The van der Waals surface area contributed by atoms with Crippen LogP contribution in [0.1, 0.15) is 97.2 Å². The Morgan fingerprint density at radius 1 is 0.295 bits per heavy atom. The summed E-state index contributed by atoms with van der Waals surface area (Å²) < 4.78 is 0. The molecule has 2 nitrogen and oxygen atoms in total. The molecule has 8 aromatic rings. The zero-order chi connectivity index (χ0) is 42.3. The van der Waals surface area contributed by atoms with Crippen LogP contribution in [-0.2, 0) is 16.2 Å². The Bertz CT molecular complexity index is 2970. The molecule has 2 heteroatoms. The van der Waals surface area contributed by atoms with Gasteiger partial charge in [0.25, 0.3) is 0 Å². The van der Waals surface area contributed by atoms with E-state index in [-0.39, 0.29) is 16.2 Å². The van der Waals surface area contributed by atoms with Crippen LogP contribution in [0.15, 0.2) is 134 Å². The van der Waals surface area contributed by atoms with E-state index in [4.69, 9.17) is 9.97 Å². The van der Waals surface area contributed by atoms with Crippen molar-refractivity contribution >= 4 is 0 Å². The van der Waals surface area contributed by atoms with Crippen molar-refractivity contribution in [3.63, 3.8) is 0 Å². The number of hydrogen-bond donors (Lipinski definition) is 0. The Labute approximate surface area is 361 Å². The van der Waals surface area contributed by atoms with E-state index in [1.165, 1.54) is 122 Å². The zero-order valence-corrected chi connectivity index (χ0v) is 37.1. The highest BCUT2D eigenvalue weighted by Gasteiger charge is 2.40. The molecule has 6 aromatic carbocycles. The van der Waals surface area contributed by atoms with Crippen LogP contribution in [0, 0.1) is 27.7 Å². The van der Waals surface area contributed by atoms with Crippen LogP contribution >= 0.6 is 0 Å². The Kier molecular flexibility index (Phi) is 7.90. The number of fused-ring (bicyclic) bond motifs is 9. The summed E-state index contributed by atoms with van der Waals surface area (Å²) in [4.78, 5) is 9.43.